The summed E-state index contributed by atoms with van der Waals surface area (Å²) >= 11 is 2.37. The van der Waals surface area contributed by atoms with Crippen LogP contribution in [0.1, 0.15) is 5.56 Å². The summed E-state index contributed by atoms with van der Waals surface area (Å²) in [5.74, 6) is 0. The van der Waals surface area contributed by atoms with E-state index in [1.54, 1.807) is 0 Å². The smallest absolute Gasteiger partial charge is 0.0702 e. The van der Waals surface area contributed by atoms with Gasteiger partial charge in [0.25, 0.3) is 0 Å². The van der Waals surface area contributed by atoms with E-state index < -0.39 is 0 Å². The van der Waals surface area contributed by atoms with E-state index in [0.29, 0.717) is 0 Å². The minimum atomic E-state index is 0.938. The van der Waals surface area contributed by atoms with Gasteiger partial charge in [-0.2, -0.15) is 0 Å². The average molecular weight is 312 g/mol. The van der Waals surface area contributed by atoms with Crippen LogP contribution in [-0.4, -0.2) is 16.0 Å². The van der Waals surface area contributed by atoms with Gasteiger partial charge in [0.1, 0.15) is 0 Å². The SMILES string of the molecule is ICCNCc1ccc2ncccc2c1. The van der Waals surface area contributed by atoms with Gasteiger partial charge in [-0.05, 0) is 23.8 Å². The number of benzene rings is 1. The second-order valence-corrected chi connectivity index (χ2v) is 4.47. The molecule has 0 saturated carbocycles. The van der Waals surface area contributed by atoms with Crippen molar-refractivity contribution in [2.24, 2.45) is 0 Å². The first-order chi connectivity index (χ1) is 7.40. The molecule has 1 aromatic heterocycles. The molecular formula is C12H13IN2. The van der Waals surface area contributed by atoms with Crippen LogP contribution in [0.5, 0.6) is 0 Å². The molecule has 0 amide bonds. The molecule has 0 bridgehead atoms. The van der Waals surface area contributed by atoms with Gasteiger partial charge < -0.3 is 5.32 Å². The Bertz CT molecular complexity index is 442. The van der Waals surface area contributed by atoms with Crippen LogP contribution in [0.15, 0.2) is 36.5 Å². The van der Waals surface area contributed by atoms with Crippen LogP contribution in [0.25, 0.3) is 10.9 Å². The molecule has 1 N–H and O–H groups in total. The average Bonchev–Trinajstić information content (AvgIpc) is 2.29. The fourth-order valence-electron chi connectivity index (χ4n) is 1.53. The van der Waals surface area contributed by atoms with Gasteiger partial charge in [-0.15, -0.1) is 0 Å². The molecule has 0 radical (unpaired) electrons. The lowest BCUT2D eigenvalue weighted by atomic mass is 10.1. The molecule has 0 aliphatic carbocycles. The van der Waals surface area contributed by atoms with E-state index in [1.807, 2.05) is 12.3 Å². The van der Waals surface area contributed by atoms with Gasteiger partial charge in [0, 0.05) is 29.1 Å². The lowest BCUT2D eigenvalue weighted by molar-refractivity contribution is 0.737. The summed E-state index contributed by atoms with van der Waals surface area (Å²) in [7, 11) is 0. The van der Waals surface area contributed by atoms with E-state index in [-0.39, 0.29) is 0 Å². The Morgan fingerprint density at radius 3 is 3.07 bits per heavy atom. The Morgan fingerprint density at radius 1 is 1.27 bits per heavy atom. The minimum absolute atomic E-state index is 0.938. The molecule has 0 spiro atoms. The van der Waals surface area contributed by atoms with Gasteiger partial charge >= 0.3 is 0 Å². The van der Waals surface area contributed by atoms with Crippen molar-refractivity contribution in [1.82, 2.24) is 10.3 Å². The standard InChI is InChI=1S/C12H13IN2/c13-5-7-14-9-10-3-4-12-11(8-10)2-1-6-15-12/h1-4,6,8,14H,5,7,9H2. The van der Waals surface area contributed by atoms with Gasteiger partial charge in [0.05, 0.1) is 5.52 Å². The molecule has 0 unspecified atom stereocenters. The summed E-state index contributed by atoms with van der Waals surface area (Å²) in [5, 5.41) is 4.60. The highest BCUT2D eigenvalue weighted by Crippen LogP contribution is 2.12. The van der Waals surface area contributed by atoms with Crippen molar-refractivity contribution in [3.63, 3.8) is 0 Å². The van der Waals surface area contributed by atoms with Gasteiger partial charge in [-0.3, -0.25) is 4.98 Å². The van der Waals surface area contributed by atoms with Crippen LogP contribution in [0.3, 0.4) is 0 Å². The molecule has 1 heterocycles. The van der Waals surface area contributed by atoms with Crippen LogP contribution < -0.4 is 5.32 Å². The summed E-state index contributed by atoms with van der Waals surface area (Å²) in [4.78, 5) is 4.30. The Kier molecular flexibility index (Phi) is 3.91. The van der Waals surface area contributed by atoms with Crippen LogP contribution in [0.4, 0.5) is 0 Å². The number of aromatic nitrogens is 1. The number of hydrogen-bond donors (Lipinski definition) is 1. The van der Waals surface area contributed by atoms with Crippen LogP contribution in [-0.2, 0) is 6.54 Å². The number of fused-ring (bicyclic) bond motifs is 1. The van der Waals surface area contributed by atoms with Gasteiger partial charge in [0.2, 0.25) is 0 Å². The number of pyridine rings is 1. The highest BCUT2D eigenvalue weighted by Gasteiger charge is 1.96. The number of nitrogens with zero attached hydrogens (tertiary/aromatic N) is 1. The fourth-order valence-corrected chi connectivity index (χ4v) is 1.92. The maximum Gasteiger partial charge on any atom is 0.0702 e. The summed E-state index contributed by atoms with van der Waals surface area (Å²) in [6, 6.07) is 10.5. The highest BCUT2D eigenvalue weighted by molar-refractivity contribution is 14.1. The molecule has 3 heteroatoms. The van der Waals surface area contributed by atoms with Crippen LogP contribution in [0.2, 0.25) is 0 Å². The lowest BCUT2D eigenvalue weighted by Gasteiger charge is -2.04. The van der Waals surface area contributed by atoms with E-state index in [9.17, 15) is 0 Å². The predicted molar refractivity (Wildman–Crippen MR) is 72.3 cm³/mol. The predicted octanol–water partition coefficient (Wildman–Crippen LogP) is 2.76. The zero-order valence-corrected chi connectivity index (χ0v) is 10.6. The minimum Gasteiger partial charge on any atom is -0.312 e. The zero-order chi connectivity index (χ0) is 10.5. The Morgan fingerprint density at radius 2 is 2.20 bits per heavy atom. The third-order valence-electron chi connectivity index (χ3n) is 2.27. The third-order valence-corrected chi connectivity index (χ3v) is 2.81. The van der Waals surface area contributed by atoms with Crippen LogP contribution >= 0.6 is 22.6 Å². The molecule has 0 fully saturated rings. The molecule has 0 aliphatic rings. The van der Waals surface area contributed by atoms with E-state index in [4.69, 9.17) is 0 Å². The van der Waals surface area contributed by atoms with Crippen molar-refractivity contribution in [3.05, 3.63) is 42.1 Å². The number of nitrogens with one attached hydrogen (secondary N) is 1. The van der Waals surface area contributed by atoms with Crippen molar-refractivity contribution in [2.75, 3.05) is 11.0 Å². The molecule has 0 saturated heterocycles. The van der Waals surface area contributed by atoms with Gasteiger partial charge in [0.15, 0.2) is 0 Å². The third kappa shape index (κ3) is 2.89. The zero-order valence-electron chi connectivity index (χ0n) is 8.41. The molecule has 0 aliphatic heterocycles. The number of halogens is 1. The van der Waals surface area contributed by atoms with Crippen molar-refractivity contribution >= 4 is 33.5 Å². The summed E-state index contributed by atoms with van der Waals surface area (Å²) in [6.45, 7) is 2.00. The normalized spacial score (nSPS) is 10.7. The molecule has 1 aromatic carbocycles. The van der Waals surface area contributed by atoms with Gasteiger partial charge in [-0.25, -0.2) is 0 Å². The monoisotopic (exact) mass is 312 g/mol. The Labute approximate surface area is 103 Å². The molecule has 2 nitrogen and oxygen atoms in total. The number of rotatable bonds is 4. The second-order valence-electron chi connectivity index (χ2n) is 3.40. The first-order valence-electron chi connectivity index (χ1n) is 5.00. The first kappa shape index (κ1) is 10.8. The summed E-state index contributed by atoms with van der Waals surface area (Å²) < 4.78 is 1.15. The van der Waals surface area contributed by atoms with Crippen molar-refractivity contribution < 1.29 is 0 Å². The van der Waals surface area contributed by atoms with Gasteiger partial charge in [-0.1, -0.05) is 34.7 Å². The topological polar surface area (TPSA) is 24.9 Å². The van der Waals surface area contributed by atoms with E-state index >= 15 is 0 Å². The van der Waals surface area contributed by atoms with Crippen molar-refractivity contribution in [2.45, 2.75) is 6.54 Å². The van der Waals surface area contributed by atoms with Crippen molar-refractivity contribution in [1.29, 1.82) is 0 Å². The molecule has 2 aromatic rings. The number of hydrogen-bond acceptors (Lipinski definition) is 2. The first-order valence-corrected chi connectivity index (χ1v) is 6.53. The van der Waals surface area contributed by atoms with E-state index in [2.05, 4.69) is 57.2 Å². The largest absolute Gasteiger partial charge is 0.312 e. The molecule has 0 atom stereocenters. The Balaban J connectivity index is 2.16. The fraction of sp³-hybridized carbons (Fsp3) is 0.250. The van der Waals surface area contributed by atoms with Crippen LogP contribution in [0, 0.1) is 0 Å². The molecule has 15 heavy (non-hydrogen) atoms. The summed E-state index contributed by atoms with van der Waals surface area (Å²) in [6.07, 6.45) is 1.83. The number of alkyl halides is 1. The maximum atomic E-state index is 4.30. The molecule has 78 valence electrons. The molecular weight excluding hydrogens is 299 g/mol. The maximum absolute atomic E-state index is 4.30. The van der Waals surface area contributed by atoms with E-state index in [0.717, 1.165) is 23.0 Å². The lowest BCUT2D eigenvalue weighted by Crippen LogP contribution is -2.15. The Hall–Kier alpha value is -0.680. The quantitative estimate of drug-likeness (QED) is 0.533. The summed E-state index contributed by atoms with van der Waals surface area (Å²) in [5.41, 5.74) is 2.38. The van der Waals surface area contributed by atoms with E-state index in [1.165, 1.54) is 10.9 Å². The highest BCUT2D eigenvalue weighted by atomic mass is 127. The second kappa shape index (κ2) is 5.42. The van der Waals surface area contributed by atoms with Crippen molar-refractivity contribution in [3.8, 4) is 0 Å². The molecule has 2 rings (SSSR count).